The Morgan fingerprint density at radius 1 is 1.23 bits per heavy atom. The van der Waals surface area contributed by atoms with E-state index in [0.29, 0.717) is 13.0 Å². The highest BCUT2D eigenvalue weighted by molar-refractivity contribution is 7.09. The van der Waals surface area contributed by atoms with Gasteiger partial charge in [0.05, 0.1) is 10.7 Å². The first-order valence-corrected chi connectivity index (χ1v) is 8.50. The molecule has 118 valence electrons. The number of benzene rings is 1. The zero-order chi connectivity index (χ0) is 16.2. The minimum atomic E-state index is 0.0391. The average molecular weight is 316 g/mol. The van der Waals surface area contributed by atoms with Gasteiger partial charge in [0.1, 0.15) is 0 Å². The van der Waals surface area contributed by atoms with E-state index in [1.807, 2.05) is 6.92 Å². The van der Waals surface area contributed by atoms with Crippen molar-refractivity contribution in [1.82, 2.24) is 10.3 Å². The van der Waals surface area contributed by atoms with Gasteiger partial charge in [0, 0.05) is 23.9 Å². The lowest BCUT2D eigenvalue weighted by Crippen LogP contribution is -2.29. The van der Waals surface area contributed by atoms with Crippen molar-refractivity contribution in [2.45, 2.75) is 40.5 Å². The van der Waals surface area contributed by atoms with E-state index in [2.05, 4.69) is 60.7 Å². The lowest BCUT2D eigenvalue weighted by atomic mass is 9.92. The van der Waals surface area contributed by atoms with Gasteiger partial charge in [-0.3, -0.25) is 4.79 Å². The molecular weight excluding hydrogens is 292 g/mol. The maximum atomic E-state index is 11.8. The van der Waals surface area contributed by atoms with Gasteiger partial charge in [-0.1, -0.05) is 45.0 Å². The summed E-state index contributed by atoms with van der Waals surface area (Å²) in [5.74, 6) is 0.127. The normalized spacial score (nSPS) is 11.5. The number of hydrogen-bond donors (Lipinski definition) is 1. The molecule has 0 saturated heterocycles. The van der Waals surface area contributed by atoms with Crippen molar-refractivity contribution in [3.05, 3.63) is 40.2 Å². The smallest absolute Gasteiger partial charge is 0.220 e. The Morgan fingerprint density at radius 3 is 2.45 bits per heavy atom. The van der Waals surface area contributed by atoms with E-state index in [0.717, 1.165) is 22.7 Å². The van der Waals surface area contributed by atoms with Crippen LogP contribution in [0.1, 0.15) is 37.8 Å². The summed E-state index contributed by atoms with van der Waals surface area (Å²) in [6.45, 7) is 8.93. The summed E-state index contributed by atoms with van der Waals surface area (Å²) >= 11 is 1.67. The van der Waals surface area contributed by atoms with E-state index in [1.165, 1.54) is 5.56 Å². The Balaban J connectivity index is 1.83. The van der Waals surface area contributed by atoms with Crippen LogP contribution in [0.3, 0.4) is 0 Å². The van der Waals surface area contributed by atoms with E-state index in [4.69, 9.17) is 0 Å². The van der Waals surface area contributed by atoms with Gasteiger partial charge >= 0.3 is 0 Å². The van der Waals surface area contributed by atoms with Crippen molar-refractivity contribution < 1.29 is 4.79 Å². The minimum Gasteiger partial charge on any atom is -0.356 e. The minimum absolute atomic E-state index is 0.0391. The molecule has 0 unspecified atom stereocenters. The fourth-order valence-corrected chi connectivity index (χ4v) is 2.85. The number of aryl methyl sites for hydroxylation is 1. The van der Waals surface area contributed by atoms with Crippen LogP contribution >= 0.6 is 11.3 Å². The molecule has 2 rings (SSSR count). The van der Waals surface area contributed by atoms with Gasteiger partial charge in [-0.05, 0) is 24.3 Å². The van der Waals surface area contributed by atoms with Gasteiger partial charge in [0.25, 0.3) is 0 Å². The van der Waals surface area contributed by atoms with Crippen LogP contribution in [0.5, 0.6) is 0 Å². The summed E-state index contributed by atoms with van der Waals surface area (Å²) in [7, 11) is 0. The molecule has 0 spiro atoms. The highest BCUT2D eigenvalue weighted by atomic mass is 32.1. The maximum absolute atomic E-state index is 11.8. The zero-order valence-electron chi connectivity index (χ0n) is 13.8. The van der Waals surface area contributed by atoms with Crippen LogP contribution in [0.4, 0.5) is 0 Å². The average Bonchev–Trinajstić information content (AvgIpc) is 2.84. The van der Waals surface area contributed by atoms with Gasteiger partial charge in [-0.25, -0.2) is 4.98 Å². The SMILES string of the molecule is Cc1nc(-c2ccc(CCNC(=O)CC(C)(C)C)cc2)cs1. The van der Waals surface area contributed by atoms with E-state index in [1.54, 1.807) is 11.3 Å². The number of amides is 1. The molecule has 0 radical (unpaired) electrons. The summed E-state index contributed by atoms with van der Waals surface area (Å²) < 4.78 is 0. The van der Waals surface area contributed by atoms with Crippen LogP contribution in [0.15, 0.2) is 29.6 Å². The van der Waals surface area contributed by atoms with Crippen LogP contribution in [-0.4, -0.2) is 17.4 Å². The fraction of sp³-hybridized carbons (Fsp3) is 0.444. The van der Waals surface area contributed by atoms with Gasteiger partial charge in [-0.15, -0.1) is 11.3 Å². The Labute approximate surface area is 136 Å². The summed E-state index contributed by atoms with van der Waals surface area (Å²) in [6, 6.07) is 8.42. The molecule has 0 saturated carbocycles. The van der Waals surface area contributed by atoms with Crippen LogP contribution in [0.25, 0.3) is 11.3 Å². The molecule has 22 heavy (non-hydrogen) atoms. The molecule has 0 fully saturated rings. The summed E-state index contributed by atoms with van der Waals surface area (Å²) in [5, 5.41) is 6.15. The first kappa shape index (κ1) is 16.7. The van der Waals surface area contributed by atoms with Gasteiger partial charge in [-0.2, -0.15) is 0 Å². The van der Waals surface area contributed by atoms with Crippen molar-refractivity contribution in [1.29, 1.82) is 0 Å². The summed E-state index contributed by atoms with van der Waals surface area (Å²) in [4.78, 5) is 16.3. The van der Waals surface area contributed by atoms with Crippen LogP contribution in [0.2, 0.25) is 0 Å². The third kappa shape index (κ3) is 5.26. The molecule has 0 aliphatic heterocycles. The number of thiazole rings is 1. The van der Waals surface area contributed by atoms with Crippen LogP contribution in [-0.2, 0) is 11.2 Å². The summed E-state index contributed by atoms with van der Waals surface area (Å²) in [6.07, 6.45) is 1.42. The van der Waals surface area contributed by atoms with Crippen molar-refractivity contribution >= 4 is 17.2 Å². The third-order valence-electron chi connectivity index (χ3n) is 3.30. The summed E-state index contributed by atoms with van der Waals surface area (Å²) in [5.41, 5.74) is 3.45. The predicted octanol–water partition coefficient (Wildman–Crippen LogP) is 4.21. The molecule has 3 nitrogen and oxygen atoms in total. The molecule has 2 aromatic rings. The van der Waals surface area contributed by atoms with Gasteiger partial charge < -0.3 is 5.32 Å². The van der Waals surface area contributed by atoms with E-state index < -0.39 is 0 Å². The lowest BCUT2D eigenvalue weighted by Gasteiger charge is -2.17. The van der Waals surface area contributed by atoms with Crippen molar-refractivity contribution in [3.8, 4) is 11.3 Å². The number of aromatic nitrogens is 1. The third-order valence-corrected chi connectivity index (χ3v) is 4.07. The molecular formula is C18H24N2OS. The lowest BCUT2D eigenvalue weighted by molar-refractivity contribution is -0.122. The Kier molecular flexibility index (Phi) is 5.35. The topological polar surface area (TPSA) is 42.0 Å². The molecule has 1 aromatic heterocycles. The van der Waals surface area contributed by atoms with E-state index >= 15 is 0 Å². The first-order valence-electron chi connectivity index (χ1n) is 7.62. The predicted molar refractivity (Wildman–Crippen MR) is 93.1 cm³/mol. The van der Waals surface area contributed by atoms with Gasteiger partial charge in [0.2, 0.25) is 5.91 Å². The Hall–Kier alpha value is -1.68. The second-order valence-corrected chi connectivity index (χ2v) is 7.85. The molecule has 1 amide bonds. The number of carbonyl (C=O) groups is 1. The number of carbonyl (C=O) groups excluding carboxylic acids is 1. The number of nitrogens with one attached hydrogen (secondary N) is 1. The van der Waals surface area contributed by atoms with Crippen molar-refractivity contribution in [2.24, 2.45) is 5.41 Å². The second kappa shape index (κ2) is 7.05. The Morgan fingerprint density at radius 2 is 1.91 bits per heavy atom. The largest absolute Gasteiger partial charge is 0.356 e. The van der Waals surface area contributed by atoms with Crippen LogP contribution < -0.4 is 5.32 Å². The van der Waals surface area contributed by atoms with E-state index in [9.17, 15) is 4.79 Å². The van der Waals surface area contributed by atoms with Crippen molar-refractivity contribution in [2.75, 3.05) is 6.54 Å². The number of rotatable bonds is 5. The van der Waals surface area contributed by atoms with Gasteiger partial charge in [0.15, 0.2) is 0 Å². The Bertz CT molecular complexity index is 623. The fourth-order valence-electron chi connectivity index (χ4n) is 2.23. The standard InChI is InChI=1S/C18H24N2OS/c1-13-20-16(12-22-13)15-7-5-14(6-8-15)9-10-19-17(21)11-18(2,3)4/h5-8,12H,9-11H2,1-4H3,(H,19,21). The number of nitrogens with zero attached hydrogens (tertiary/aromatic N) is 1. The zero-order valence-corrected chi connectivity index (χ0v) is 14.6. The monoisotopic (exact) mass is 316 g/mol. The second-order valence-electron chi connectivity index (χ2n) is 6.79. The molecule has 0 bridgehead atoms. The molecule has 0 atom stereocenters. The van der Waals surface area contributed by atoms with Crippen molar-refractivity contribution in [3.63, 3.8) is 0 Å². The maximum Gasteiger partial charge on any atom is 0.220 e. The molecule has 1 heterocycles. The molecule has 1 N–H and O–H groups in total. The highest BCUT2D eigenvalue weighted by Crippen LogP contribution is 2.22. The molecule has 4 heteroatoms. The molecule has 0 aliphatic rings. The first-order chi connectivity index (χ1) is 10.3. The van der Waals surface area contributed by atoms with Crippen LogP contribution in [0, 0.1) is 12.3 Å². The molecule has 1 aromatic carbocycles. The highest BCUT2D eigenvalue weighted by Gasteiger charge is 2.15. The quantitative estimate of drug-likeness (QED) is 0.897. The number of hydrogen-bond acceptors (Lipinski definition) is 3. The van der Waals surface area contributed by atoms with E-state index in [-0.39, 0.29) is 11.3 Å². The molecule has 0 aliphatic carbocycles.